The molecular formula is C25H36N4O3. The zero-order valence-electron chi connectivity index (χ0n) is 19.2. The minimum absolute atomic E-state index is 0.0474. The van der Waals surface area contributed by atoms with Crippen LogP contribution in [0.25, 0.3) is 0 Å². The summed E-state index contributed by atoms with van der Waals surface area (Å²) in [6, 6.07) is 8.60. The fraction of sp³-hybridized carbons (Fsp3) is 0.640. The number of carbonyl (C=O) groups is 3. The highest BCUT2D eigenvalue weighted by molar-refractivity contribution is 6.07. The van der Waals surface area contributed by atoms with Crippen molar-refractivity contribution in [2.45, 2.75) is 89.4 Å². The fourth-order valence-corrected chi connectivity index (χ4v) is 5.37. The summed E-state index contributed by atoms with van der Waals surface area (Å²) in [5, 5.41) is 5.91. The number of nitrogens with one attached hydrogen (secondary N) is 2. The molecule has 1 aromatic rings. The number of piperidine rings is 1. The van der Waals surface area contributed by atoms with Gasteiger partial charge in [-0.05, 0) is 56.7 Å². The lowest BCUT2D eigenvalue weighted by Crippen LogP contribution is -2.44. The van der Waals surface area contributed by atoms with Gasteiger partial charge in [-0.15, -0.1) is 0 Å². The third kappa shape index (κ3) is 4.98. The highest BCUT2D eigenvalue weighted by atomic mass is 16.2. The second kappa shape index (κ2) is 10.0. The molecule has 7 heteroatoms. The molecule has 0 aromatic heterocycles. The number of hydrogen-bond donors (Lipinski definition) is 2. The third-order valence-electron chi connectivity index (χ3n) is 7.40. The van der Waals surface area contributed by atoms with Crippen molar-refractivity contribution < 1.29 is 14.4 Å². The standard InChI is InChI=1S/C25H36N4O3/c1-19-9-4-7-15-28(19)18-21-11-3-2-10-20(21)17-26-22(30)12-8-16-29-23(31)25(27-24(29)32)13-5-6-14-25/h2-3,10-11,19H,4-9,12-18H2,1H3,(H,26,30)(H,27,32). The molecule has 1 aromatic carbocycles. The van der Waals surface area contributed by atoms with Crippen LogP contribution >= 0.6 is 0 Å². The van der Waals surface area contributed by atoms with Gasteiger partial charge in [0.05, 0.1) is 0 Å². The first-order chi connectivity index (χ1) is 15.5. The summed E-state index contributed by atoms with van der Waals surface area (Å²) >= 11 is 0. The average molecular weight is 441 g/mol. The van der Waals surface area contributed by atoms with Crippen molar-refractivity contribution >= 4 is 17.8 Å². The van der Waals surface area contributed by atoms with Crippen LogP contribution in [-0.2, 0) is 22.7 Å². The molecule has 3 aliphatic rings. The van der Waals surface area contributed by atoms with Gasteiger partial charge in [0.25, 0.3) is 5.91 Å². The molecule has 174 valence electrons. The molecule has 0 bridgehead atoms. The molecule has 1 aliphatic carbocycles. The quantitative estimate of drug-likeness (QED) is 0.608. The number of benzene rings is 1. The molecule has 1 spiro atoms. The number of nitrogens with zero attached hydrogens (tertiary/aromatic N) is 2. The number of rotatable bonds is 8. The minimum Gasteiger partial charge on any atom is -0.352 e. The van der Waals surface area contributed by atoms with E-state index in [1.807, 2.05) is 6.07 Å². The van der Waals surface area contributed by atoms with Gasteiger partial charge in [0, 0.05) is 32.1 Å². The lowest BCUT2D eigenvalue weighted by atomic mass is 9.98. The first kappa shape index (κ1) is 22.8. The van der Waals surface area contributed by atoms with E-state index >= 15 is 0 Å². The van der Waals surface area contributed by atoms with Crippen LogP contribution in [-0.4, -0.2) is 52.3 Å². The van der Waals surface area contributed by atoms with Gasteiger partial charge in [0.1, 0.15) is 5.54 Å². The highest BCUT2D eigenvalue weighted by Gasteiger charge is 2.52. The Kier molecular flexibility index (Phi) is 7.13. The Labute approximate surface area is 190 Å². The summed E-state index contributed by atoms with van der Waals surface area (Å²) in [6.07, 6.45) is 7.99. The van der Waals surface area contributed by atoms with Gasteiger partial charge in [0.2, 0.25) is 5.91 Å². The normalized spacial score (nSPS) is 23.0. The summed E-state index contributed by atoms with van der Waals surface area (Å²) in [5.74, 6) is -0.157. The predicted octanol–water partition coefficient (Wildman–Crippen LogP) is 3.32. The average Bonchev–Trinajstić information content (AvgIpc) is 3.35. The number of hydrogen-bond acceptors (Lipinski definition) is 4. The van der Waals surface area contributed by atoms with Crippen LogP contribution in [0.15, 0.2) is 24.3 Å². The second-order valence-electron chi connectivity index (χ2n) is 9.64. The Morgan fingerprint density at radius 3 is 2.62 bits per heavy atom. The van der Waals surface area contributed by atoms with E-state index in [-0.39, 0.29) is 17.8 Å². The molecule has 2 N–H and O–H groups in total. The summed E-state index contributed by atoms with van der Waals surface area (Å²) < 4.78 is 0. The van der Waals surface area contributed by atoms with Gasteiger partial charge in [-0.3, -0.25) is 19.4 Å². The third-order valence-corrected chi connectivity index (χ3v) is 7.40. The van der Waals surface area contributed by atoms with Gasteiger partial charge >= 0.3 is 6.03 Å². The van der Waals surface area contributed by atoms with E-state index in [1.165, 1.54) is 29.7 Å². The van der Waals surface area contributed by atoms with Crippen LogP contribution in [0.1, 0.15) is 75.8 Å². The van der Waals surface area contributed by atoms with Gasteiger partial charge in [0.15, 0.2) is 0 Å². The highest BCUT2D eigenvalue weighted by Crippen LogP contribution is 2.35. The zero-order chi connectivity index (χ0) is 22.6. The van der Waals surface area contributed by atoms with E-state index < -0.39 is 5.54 Å². The van der Waals surface area contributed by atoms with Gasteiger partial charge < -0.3 is 10.6 Å². The maximum absolute atomic E-state index is 12.7. The molecule has 1 unspecified atom stereocenters. The van der Waals surface area contributed by atoms with Crippen LogP contribution in [0.5, 0.6) is 0 Å². The Morgan fingerprint density at radius 1 is 1.12 bits per heavy atom. The van der Waals surface area contributed by atoms with Crippen molar-refractivity contribution in [3.05, 3.63) is 35.4 Å². The van der Waals surface area contributed by atoms with Crippen molar-refractivity contribution in [3.8, 4) is 0 Å². The maximum atomic E-state index is 12.7. The first-order valence-corrected chi connectivity index (χ1v) is 12.2. The SMILES string of the molecule is CC1CCCCN1Cc1ccccc1CNC(=O)CCCN1C(=O)NC2(CCCC2)C1=O. The largest absolute Gasteiger partial charge is 0.352 e. The van der Waals surface area contributed by atoms with E-state index in [2.05, 4.69) is 40.7 Å². The Hall–Kier alpha value is -2.41. The molecule has 2 saturated heterocycles. The molecule has 1 atom stereocenters. The molecule has 2 heterocycles. The molecule has 4 amide bonds. The van der Waals surface area contributed by atoms with E-state index in [4.69, 9.17) is 0 Å². The lowest BCUT2D eigenvalue weighted by Gasteiger charge is -2.33. The summed E-state index contributed by atoms with van der Waals surface area (Å²) in [7, 11) is 0. The number of imide groups is 1. The van der Waals surface area contributed by atoms with Crippen molar-refractivity contribution in [2.24, 2.45) is 0 Å². The summed E-state index contributed by atoms with van der Waals surface area (Å²) in [4.78, 5) is 41.2. The second-order valence-corrected chi connectivity index (χ2v) is 9.64. The Balaban J connectivity index is 1.23. The topological polar surface area (TPSA) is 81.8 Å². The van der Waals surface area contributed by atoms with E-state index in [1.54, 1.807) is 0 Å². The molecule has 7 nitrogen and oxygen atoms in total. The van der Waals surface area contributed by atoms with E-state index in [9.17, 15) is 14.4 Å². The van der Waals surface area contributed by atoms with Crippen LogP contribution in [0, 0.1) is 0 Å². The van der Waals surface area contributed by atoms with E-state index in [0.29, 0.717) is 32.0 Å². The van der Waals surface area contributed by atoms with Gasteiger partial charge in [-0.25, -0.2) is 4.79 Å². The smallest absolute Gasteiger partial charge is 0.325 e. The van der Waals surface area contributed by atoms with Gasteiger partial charge in [-0.2, -0.15) is 0 Å². The number of carbonyl (C=O) groups excluding carboxylic acids is 3. The Bertz CT molecular complexity index is 849. The van der Waals surface area contributed by atoms with Crippen LogP contribution in [0.4, 0.5) is 4.79 Å². The number of amides is 4. The lowest BCUT2D eigenvalue weighted by molar-refractivity contribution is -0.131. The Morgan fingerprint density at radius 2 is 1.88 bits per heavy atom. The maximum Gasteiger partial charge on any atom is 0.325 e. The molecule has 0 radical (unpaired) electrons. The fourth-order valence-electron chi connectivity index (χ4n) is 5.37. The predicted molar refractivity (Wildman–Crippen MR) is 123 cm³/mol. The van der Waals surface area contributed by atoms with E-state index in [0.717, 1.165) is 44.3 Å². The van der Waals surface area contributed by atoms with Gasteiger partial charge in [-0.1, -0.05) is 43.5 Å². The minimum atomic E-state index is -0.672. The summed E-state index contributed by atoms with van der Waals surface area (Å²) in [6.45, 7) is 5.14. The molecule has 32 heavy (non-hydrogen) atoms. The number of likely N-dealkylation sites (tertiary alicyclic amines) is 1. The summed E-state index contributed by atoms with van der Waals surface area (Å²) in [5.41, 5.74) is 1.74. The number of urea groups is 1. The zero-order valence-corrected chi connectivity index (χ0v) is 19.2. The first-order valence-electron chi connectivity index (χ1n) is 12.2. The molecule has 2 aliphatic heterocycles. The van der Waals surface area contributed by atoms with Crippen molar-refractivity contribution in [3.63, 3.8) is 0 Å². The monoisotopic (exact) mass is 440 g/mol. The molecule has 4 rings (SSSR count). The molecule has 1 saturated carbocycles. The van der Waals surface area contributed by atoms with Crippen LogP contribution in [0.2, 0.25) is 0 Å². The van der Waals surface area contributed by atoms with Crippen LogP contribution in [0.3, 0.4) is 0 Å². The van der Waals surface area contributed by atoms with Crippen molar-refractivity contribution in [1.29, 1.82) is 0 Å². The van der Waals surface area contributed by atoms with Crippen molar-refractivity contribution in [1.82, 2.24) is 20.4 Å². The molecular weight excluding hydrogens is 404 g/mol. The van der Waals surface area contributed by atoms with Crippen molar-refractivity contribution in [2.75, 3.05) is 13.1 Å². The van der Waals surface area contributed by atoms with Crippen LogP contribution < -0.4 is 10.6 Å². The molecule has 3 fully saturated rings.